The first-order valence-corrected chi connectivity index (χ1v) is 14.8. The molecule has 0 radical (unpaired) electrons. The van der Waals surface area contributed by atoms with Gasteiger partial charge in [0.25, 0.3) is 5.91 Å². The third-order valence-electron chi connectivity index (χ3n) is 7.91. The number of β-amino-alcohol motifs (C(OH)–C–C–N with tert-alkyl or cyclic N) is 1. The second-order valence-electron chi connectivity index (χ2n) is 10.5. The van der Waals surface area contributed by atoms with Crippen molar-refractivity contribution in [3.8, 4) is 5.75 Å². The molecule has 2 aromatic carbocycles. The van der Waals surface area contributed by atoms with Crippen LogP contribution in [0.3, 0.4) is 0 Å². The molecule has 1 aliphatic heterocycles. The zero-order chi connectivity index (χ0) is 30.1. The van der Waals surface area contributed by atoms with Gasteiger partial charge in [0.15, 0.2) is 0 Å². The van der Waals surface area contributed by atoms with Crippen molar-refractivity contribution >= 4 is 41.6 Å². The van der Waals surface area contributed by atoms with E-state index in [9.17, 15) is 9.90 Å². The number of guanidine groups is 1. The van der Waals surface area contributed by atoms with Crippen molar-refractivity contribution in [3.63, 3.8) is 0 Å². The number of aliphatic hydroxyl groups is 1. The van der Waals surface area contributed by atoms with Gasteiger partial charge >= 0.3 is 0 Å². The molecule has 1 fully saturated rings. The van der Waals surface area contributed by atoms with E-state index in [1.807, 2.05) is 12.1 Å². The number of anilines is 2. The molecule has 1 aliphatic carbocycles. The van der Waals surface area contributed by atoms with Crippen molar-refractivity contribution < 1.29 is 14.6 Å². The fourth-order valence-corrected chi connectivity index (χ4v) is 5.80. The second kappa shape index (κ2) is 15.2. The summed E-state index contributed by atoms with van der Waals surface area (Å²) in [7, 11) is 3.27. The summed E-state index contributed by atoms with van der Waals surface area (Å²) in [6.45, 7) is 10.4. The first kappa shape index (κ1) is 31.5. The summed E-state index contributed by atoms with van der Waals surface area (Å²) in [5.41, 5.74) is 4.27. The number of para-hydroxylation sites is 1. The lowest BCUT2D eigenvalue weighted by Gasteiger charge is -2.39. The number of carbonyl (C=O) groups is 1. The zero-order valence-electron chi connectivity index (χ0n) is 24.8. The molecule has 2 aromatic rings. The van der Waals surface area contributed by atoms with E-state index in [4.69, 9.17) is 16.3 Å². The predicted octanol–water partition coefficient (Wildman–Crippen LogP) is 3.92. The summed E-state index contributed by atoms with van der Waals surface area (Å²) in [6.07, 6.45) is 4.10. The molecular weight excluding hydrogens is 554 g/mol. The summed E-state index contributed by atoms with van der Waals surface area (Å²) < 4.78 is 5.95. The number of carbonyl (C=O) groups excluding carboxylic acids is 1. The number of amides is 1. The lowest BCUT2D eigenvalue weighted by molar-refractivity contribution is 0.0805. The second-order valence-corrected chi connectivity index (χ2v) is 11.1. The van der Waals surface area contributed by atoms with Crippen LogP contribution in [0.4, 0.5) is 11.4 Å². The van der Waals surface area contributed by atoms with Crippen molar-refractivity contribution in [1.29, 1.82) is 0 Å². The van der Waals surface area contributed by atoms with E-state index in [-0.39, 0.29) is 18.5 Å². The highest BCUT2D eigenvalue weighted by molar-refractivity contribution is 6.29. The summed E-state index contributed by atoms with van der Waals surface area (Å²) in [4.78, 5) is 26.0. The van der Waals surface area contributed by atoms with E-state index in [1.54, 1.807) is 39.3 Å². The van der Waals surface area contributed by atoms with Crippen molar-refractivity contribution in [2.45, 2.75) is 38.6 Å². The summed E-state index contributed by atoms with van der Waals surface area (Å²) in [6, 6.07) is 11.8. The van der Waals surface area contributed by atoms with Gasteiger partial charge in [-0.15, -0.1) is 0 Å². The van der Waals surface area contributed by atoms with Crippen LogP contribution >= 0.6 is 11.6 Å². The van der Waals surface area contributed by atoms with Gasteiger partial charge in [-0.05, 0) is 68.7 Å². The van der Waals surface area contributed by atoms with Crippen molar-refractivity contribution in [2.24, 2.45) is 9.98 Å². The molecule has 1 saturated heterocycles. The molecule has 0 bridgehead atoms. The minimum absolute atomic E-state index is 0.214. The van der Waals surface area contributed by atoms with Gasteiger partial charge in [0.1, 0.15) is 11.6 Å². The number of allylic oxidation sites excluding steroid dienone is 1. The van der Waals surface area contributed by atoms with Gasteiger partial charge in [-0.25, -0.2) is 4.99 Å². The molecule has 42 heavy (non-hydrogen) atoms. The van der Waals surface area contributed by atoms with Crippen LogP contribution in [0.2, 0.25) is 0 Å². The third kappa shape index (κ3) is 7.69. The molecule has 4 N–H and O–H groups in total. The van der Waals surface area contributed by atoms with Gasteiger partial charge in [0, 0.05) is 45.8 Å². The number of aliphatic imine (C=N–C) groups is 2. The molecule has 1 heterocycles. The van der Waals surface area contributed by atoms with Crippen LogP contribution in [0, 0.1) is 0 Å². The van der Waals surface area contributed by atoms with E-state index in [0.29, 0.717) is 28.1 Å². The quantitative estimate of drug-likeness (QED) is 0.197. The molecule has 0 saturated carbocycles. The Balaban J connectivity index is 1.54. The van der Waals surface area contributed by atoms with Gasteiger partial charge in [0.2, 0.25) is 5.96 Å². The van der Waals surface area contributed by atoms with Crippen LogP contribution in [-0.4, -0.2) is 93.0 Å². The van der Waals surface area contributed by atoms with E-state index >= 15 is 0 Å². The van der Waals surface area contributed by atoms with Crippen molar-refractivity contribution in [1.82, 2.24) is 15.1 Å². The molecule has 1 amide bonds. The lowest BCUT2D eigenvalue weighted by atomic mass is 9.98. The topological polar surface area (TPSA) is 114 Å². The number of benzene rings is 2. The highest BCUT2D eigenvalue weighted by atomic mass is 35.5. The fraction of sp³-hybridized carbons (Fsp3) is 0.452. The largest absolute Gasteiger partial charge is 0.494 e. The number of nitrogens with one attached hydrogen (secondary N) is 3. The van der Waals surface area contributed by atoms with E-state index in [1.165, 1.54) is 11.1 Å². The maximum absolute atomic E-state index is 12.4. The molecule has 226 valence electrons. The van der Waals surface area contributed by atoms with E-state index in [0.717, 1.165) is 69.8 Å². The van der Waals surface area contributed by atoms with Crippen LogP contribution < -0.4 is 20.7 Å². The molecule has 0 aromatic heterocycles. The maximum atomic E-state index is 12.4. The molecule has 10 nitrogen and oxygen atoms in total. The van der Waals surface area contributed by atoms with Gasteiger partial charge in [-0.3, -0.25) is 14.6 Å². The SMILES string of the molecule is C=NC(=N/C(Nc1ccccc1C(=O)NC)=C(\C)Cl)Nc1ccc2c(c1OC)CCC[C@H](N1CCN(CCO)CC1)C2. The molecule has 2 aliphatic rings. The van der Waals surface area contributed by atoms with Crippen LogP contribution in [-0.2, 0) is 12.8 Å². The minimum Gasteiger partial charge on any atom is -0.494 e. The highest BCUT2D eigenvalue weighted by Gasteiger charge is 2.28. The number of hydrogen-bond acceptors (Lipinski definition) is 7. The third-order valence-corrected chi connectivity index (χ3v) is 8.09. The monoisotopic (exact) mass is 595 g/mol. The van der Waals surface area contributed by atoms with Gasteiger partial charge in [-0.2, -0.15) is 4.99 Å². The summed E-state index contributed by atoms with van der Waals surface area (Å²) in [5, 5.41) is 18.8. The normalized spacial score (nSPS) is 18.8. The van der Waals surface area contributed by atoms with Crippen molar-refractivity contribution in [3.05, 3.63) is 63.9 Å². The molecular formula is C31H42ClN7O3. The number of ether oxygens (including phenoxy) is 1. The smallest absolute Gasteiger partial charge is 0.253 e. The Morgan fingerprint density at radius 3 is 2.57 bits per heavy atom. The Kier molecular flexibility index (Phi) is 11.4. The zero-order valence-corrected chi connectivity index (χ0v) is 25.5. The number of rotatable bonds is 9. The first-order chi connectivity index (χ1) is 20.4. The van der Waals surface area contributed by atoms with Gasteiger partial charge in [0.05, 0.1) is 35.7 Å². The average Bonchev–Trinajstić information content (AvgIpc) is 3.23. The number of nitrogens with zero attached hydrogens (tertiary/aromatic N) is 4. The Labute approximate surface area is 253 Å². The van der Waals surface area contributed by atoms with Crippen molar-refractivity contribution in [2.75, 3.05) is 64.1 Å². The van der Waals surface area contributed by atoms with Crippen LogP contribution in [0.25, 0.3) is 0 Å². The van der Waals surface area contributed by atoms with Crippen LogP contribution in [0.5, 0.6) is 5.75 Å². The van der Waals surface area contributed by atoms with Gasteiger partial charge in [-0.1, -0.05) is 29.8 Å². The van der Waals surface area contributed by atoms with Crippen LogP contribution in [0.1, 0.15) is 41.3 Å². The number of fused-ring (bicyclic) bond motifs is 1. The highest BCUT2D eigenvalue weighted by Crippen LogP contribution is 2.36. The number of piperazine rings is 1. The number of halogens is 1. The molecule has 0 spiro atoms. The summed E-state index contributed by atoms with van der Waals surface area (Å²) >= 11 is 6.41. The predicted molar refractivity (Wildman–Crippen MR) is 171 cm³/mol. The summed E-state index contributed by atoms with van der Waals surface area (Å²) in [5.74, 6) is 1.12. The van der Waals surface area contributed by atoms with E-state index in [2.05, 4.69) is 48.5 Å². The Bertz CT molecular complexity index is 1320. The van der Waals surface area contributed by atoms with E-state index < -0.39 is 0 Å². The van der Waals surface area contributed by atoms with Gasteiger partial charge < -0.3 is 25.8 Å². The standard InChI is InChI=1S/C31H42ClN7O3/c1-21(32)29(35-26-11-6-5-9-25(26)30(41)33-2)37-31(34-3)36-27-13-12-22-20-23(8-7-10-24(22)28(27)42-4)39-16-14-38(15-17-39)18-19-40/h5-6,9,11-13,23,35,40H,3,7-8,10,14-20H2,1-2,4H3,(H,33,41)(H,36,37)/b29-21+/t23-/m0/s1. The lowest BCUT2D eigenvalue weighted by Crippen LogP contribution is -2.51. The minimum atomic E-state index is -0.227. The Morgan fingerprint density at radius 2 is 1.90 bits per heavy atom. The molecule has 1 atom stereocenters. The molecule has 0 unspecified atom stereocenters. The molecule has 11 heteroatoms. The Hall–Kier alpha value is -3.44. The average molecular weight is 596 g/mol. The first-order valence-electron chi connectivity index (χ1n) is 14.4. The fourth-order valence-electron chi connectivity index (χ4n) is 5.71. The molecule has 4 rings (SSSR count). The van der Waals surface area contributed by atoms with Crippen LogP contribution in [0.15, 0.2) is 57.2 Å². The Morgan fingerprint density at radius 1 is 1.14 bits per heavy atom. The number of methoxy groups -OCH3 is 1. The number of hydrogen-bond donors (Lipinski definition) is 4. The number of aliphatic hydroxyl groups excluding tert-OH is 1. The maximum Gasteiger partial charge on any atom is 0.253 e.